The van der Waals surface area contributed by atoms with Crippen LogP contribution >= 0.6 is 11.6 Å². The van der Waals surface area contributed by atoms with Crippen molar-refractivity contribution in [2.75, 3.05) is 7.11 Å². The van der Waals surface area contributed by atoms with Crippen LogP contribution in [0.3, 0.4) is 0 Å². The van der Waals surface area contributed by atoms with E-state index >= 15 is 0 Å². The smallest absolute Gasteiger partial charge is 0.287 e. The number of methoxy groups -OCH3 is 1. The Bertz CT molecular complexity index is 914. The van der Waals surface area contributed by atoms with E-state index in [1.54, 1.807) is 25.5 Å². The predicted octanol–water partition coefficient (Wildman–Crippen LogP) is 3.60. The molecule has 0 spiro atoms. The third-order valence-electron chi connectivity index (χ3n) is 3.73. The zero-order valence-electron chi connectivity index (χ0n) is 13.3. The van der Waals surface area contributed by atoms with Gasteiger partial charge in [-0.25, -0.2) is 5.43 Å². The molecule has 24 heavy (non-hydrogen) atoms. The molecule has 1 heterocycles. The Morgan fingerprint density at radius 1 is 1.21 bits per heavy atom. The molecule has 0 fully saturated rings. The van der Waals surface area contributed by atoms with Crippen molar-refractivity contribution in [1.82, 2.24) is 9.99 Å². The Morgan fingerprint density at radius 2 is 1.96 bits per heavy atom. The highest BCUT2D eigenvalue weighted by Crippen LogP contribution is 2.23. The van der Waals surface area contributed by atoms with Crippen molar-refractivity contribution >= 4 is 34.6 Å². The van der Waals surface area contributed by atoms with Gasteiger partial charge in [0.1, 0.15) is 11.4 Å². The van der Waals surface area contributed by atoms with Crippen LogP contribution in [0.4, 0.5) is 0 Å². The predicted molar refractivity (Wildman–Crippen MR) is 96.0 cm³/mol. The Kier molecular flexibility index (Phi) is 4.53. The van der Waals surface area contributed by atoms with Crippen LogP contribution in [-0.4, -0.2) is 23.8 Å². The van der Waals surface area contributed by atoms with Gasteiger partial charge in [-0.3, -0.25) is 4.79 Å². The van der Waals surface area contributed by atoms with Gasteiger partial charge < -0.3 is 9.30 Å². The molecular formula is C18H16ClN3O2. The van der Waals surface area contributed by atoms with Crippen molar-refractivity contribution < 1.29 is 9.53 Å². The maximum Gasteiger partial charge on any atom is 0.287 e. The summed E-state index contributed by atoms with van der Waals surface area (Å²) in [5.41, 5.74) is 4.85. The van der Waals surface area contributed by atoms with Crippen molar-refractivity contribution in [3.05, 3.63) is 64.8 Å². The summed E-state index contributed by atoms with van der Waals surface area (Å²) in [6, 6.07) is 14.7. The molecule has 2 aromatic carbocycles. The van der Waals surface area contributed by atoms with E-state index in [-0.39, 0.29) is 5.91 Å². The molecule has 122 valence electrons. The van der Waals surface area contributed by atoms with Gasteiger partial charge in [0.2, 0.25) is 0 Å². The Labute approximate surface area is 144 Å². The first-order valence-corrected chi connectivity index (χ1v) is 7.69. The second-order valence-corrected chi connectivity index (χ2v) is 5.70. The minimum atomic E-state index is -0.280. The van der Waals surface area contributed by atoms with Gasteiger partial charge in [-0.05, 0) is 42.0 Å². The molecule has 0 unspecified atom stereocenters. The van der Waals surface area contributed by atoms with Crippen LogP contribution in [0.15, 0.2) is 53.6 Å². The molecule has 0 atom stereocenters. The monoisotopic (exact) mass is 341 g/mol. The minimum absolute atomic E-state index is 0.280. The number of aryl methyl sites for hydroxylation is 1. The van der Waals surface area contributed by atoms with E-state index in [9.17, 15) is 4.79 Å². The van der Waals surface area contributed by atoms with Gasteiger partial charge in [0.25, 0.3) is 5.91 Å². The summed E-state index contributed by atoms with van der Waals surface area (Å²) in [5, 5.41) is 5.58. The molecule has 0 aliphatic rings. The van der Waals surface area contributed by atoms with Gasteiger partial charge in [-0.1, -0.05) is 23.7 Å². The Hall–Kier alpha value is -2.79. The summed E-state index contributed by atoms with van der Waals surface area (Å²) in [5.74, 6) is 0.471. The van der Waals surface area contributed by atoms with E-state index in [1.165, 1.54) is 0 Å². The number of nitrogens with zero attached hydrogens (tertiary/aromatic N) is 2. The first-order valence-electron chi connectivity index (χ1n) is 7.31. The van der Waals surface area contributed by atoms with Crippen molar-refractivity contribution in [3.8, 4) is 5.75 Å². The molecule has 0 saturated carbocycles. The number of amides is 1. The lowest BCUT2D eigenvalue weighted by Crippen LogP contribution is -2.20. The minimum Gasteiger partial charge on any atom is -0.497 e. The Balaban J connectivity index is 1.78. The van der Waals surface area contributed by atoms with E-state index in [4.69, 9.17) is 16.3 Å². The molecule has 0 saturated heterocycles. The van der Waals surface area contributed by atoms with Crippen molar-refractivity contribution in [2.45, 2.75) is 0 Å². The largest absolute Gasteiger partial charge is 0.497 e. The summed E-state index contributed by atoms with van der Waals surface area (Å²) >= 11 is 5.83. The summed E-state index contributed by atoms with van der Waals surface area (Å²) in [6.45, 7) is 0. The SMILES string of the molecule is COc1ccc2c(c1)cc(C(=O)NN=Cc1ccc(Cl)cc1)n2C. The fourth-order valence-electron chi connectivity index (χ4n) is 2.44. The molecule has 3 rings (SSSR count). The highest BCUT2D eigenvalue weighted by Gasteiger charge is 2.13. The first-order chi connectivity index (χ1) is 11.6. The van der Waals surface area contributed by atoms with Crippen LogP contribution in [0.1, 0.15) is 16.1 Å². The lowest BCUT2D eigenvalue weighted by Gasteiger charge is -2.03. The standard InChI is InChI=1S/C18H16ClN3O2/c1-22-16-8-7-15(24-2)9-13(16)10-17(22)18(23)21-20-11-12-3-5-14(19)6-4-12/h3-11H,1-2H3,(H,21,23). The second-order valence-electron chi connectivity index (χ2n) is 5.26. The zero-order valence-corrected chi connectivity index (χ0v) is 14.0. The number of aromatic nitrogens is 1. The molecule has 1 N–H and O–H groups in total. The number of hydrazone groups is 1. The number of ether oxygens (including phenoxy) is 1. The van der Waals surface area contributed by atoms with E-state index in [0.29, 0.717) is 10.7 Å². The molecule has 0 radical (unpaired) electrons. The maximum atomic E-state index is 12.3. The van der Waals surface area contributed by atoms with Gasteiger partial charge in [0.15, 0.2) is 0 Å². The third kappa shape index (κ3) is 3.26. The van der Waals surface area contributed by atoms with E-state index in [2.05, 4.69) is 10.5 Å². The molecule has 0 aliphatic carbocycles. The average Bonchev–Trinajstić information content (AvgIpc) is 2.93. The summed E-state index contributed by atoms with van der Waals surface area (Å²) in [7, 11) is 3.45. The fraction of sp³-hybridized carbons (Fsp3) is 0.111. The molecule has 5 nitrogen and oxygen atoms in total. The van der Waals surface area contributed by atoms with E-state index < -0.39 is 0 Å². The highest BCUT2D eigenvalue weighted by atomic mass is 35.5. The summed E-state index contributed by atoms with van der Waals surface area (Å²) < 4.78 is 7.03. The maximum absolute atomic E-state index is 12.3. The second kappa shape index (κ2) is 6.76. The van der Waals surface area contributed by atoms with Gasteiger partial charge in [0, 0.05) is 23.0 Å². The van der Waals surface area contributed by atoms with Crippen molar-refractivity contribution in [2.24, 2.45) is 12.1 Å². The van der Waals surface area contributed by atoms with Crippen LogP contribution in [0.5, 0.6) is 5.75 Å². The van der Waals surface area contributed by atoms with Crippen LogP contribution in [0, 0.1) is 0 Å². The quantitative estimate of drug-likeness (QED) is 0.582. The lowest BCUT2D eigenvalue weighted by atomic mass is 10.2. The normalized spacial score (nSPS) is 11.1. The summed E-state index contributed by atoms with van der Waals surface area (Å²) in [4.78, 5) is 12.3. The number of halogens is 1. The van der Waals surface area contributed by atoms with Gasteiger partial charge in [-0.2, -0.15) is 5.10 Å². The van der Waals surface area contributed by atoms with Gasteiger partial charge >= 0.3 is 0 Å². The van der Waals surface area contributed by atoms with Gasteiger partial charge in [0.05, 0.1) is 13.3 Å². The third-order valence-corrected chi connectivity index (χ3v) is 3.98. The molecule has 6 heteroatoms. The molecule has 0 bridgehead atoms. The summed E-state index contributed by atoms with van der Waals surface area (Å²) in [6.07, 6.45) is 1.57. The number of fused-ring (bicyclic) bond motifs is 1. The topological polar surface area (TPSA) is 55.6 Å². The number of nitrogens with one attached hydrogen (secondary N) is 1. The fourth-order valence-corrected chi connectivity index (χ4v) is 2.57. The van der Waals surface area contributed by atoms with Crippen molar-refractivity contribution in [1.29, 1.82) is 0 Å². The van der Waals surface area contributed by atoms with Crippen LogP contribution < -0.4 is 10.2 Å². The molecule has 1 aromatic heterocycles. The molecule has 3 aromatic rings. The lowest BCUT2D eigenvalue weighted by molar-refractivity contribution is 0.0947. The van der Waals surface area contributed by atoms with E-state index in [0.717, 1.165) is 22.2 Å². The van der Waals surface area contributed by atoms with Crippen LogP contribution in [-0.2, 0) is 7.05 Å². The van der Waals surface area contributed by atoms with Crippen LogP contribution in [0.25, 0.3) is 10.9 Å². The highest BCUT2D eigenvalue weighted by molar-refractivity contribution is 6.30. The van der Waals surface area contributed by atoms with Crippen molar-refractivity contribution in [3.63, 3.8) is 0 Å². The van der Waals surface area contributed by atoms with E-state index in [1.807, 2.05) is 48.0 Å². The Morgan fingerprint density at radius 3 is 2.67 bits per heavy atom. The molecular weight excluding hydrogens is 326 g/mol. The van der Waals surface area contributed by atoms with Gasteiger partial charge in [-0.15, -0.1) is 0 Å². The number of benzene rings is 2. The van der Waals surface area contributed by atoms with Crippen LogP contribution in [0.2, 0.25) is 5.02 Å². The number of carbonyl (C=O) groups is 1. The number of rotatable bonds is 4. The molecule has 0 aliphatic heterocycles. The number of carbonyl (C=O) groups excluding carboxylic acids is 1. The number of hydrogen-bond donors (Lipinski definition) is 1. The average molecular weight is 342 g/mol. The number of hydrogen-bond acceptors (Lipinski definition) is 3. The molecule has 1 amide bonds. The zero-order chi connectivity index (χ0) is 17.1. The first kappa shape index (κ1) is 16.1.